The number of ether oxygens (including phenoxy) is 1. The number of hydrogen-bond donors (Lipinski definition) is 1. The zero-order valence-electron chi connectivity index (χ0n) is 14.9. The fraction of sp³-hybridized carbons (Fsp3) is 0.300. The molecule has 1 saturated heterocycles. The molecule has 27 heavy (non-hydrogen) atoms. The Morgan fingerprint density at radius 2 is 1.74 bits per heavy atom. The van der Waals surface area contributed by atoms with Crippen LogP contribution in [0.5, 0.6) is 5.75 Å². The molecule has 0 aliphatic carbocycles. The van der Waals surface area contributed by atoms with Crippen LogP contribution >= 0.6 is 0 Å². The number of rotatable bonds is 5. The number of amides is 1. The highest BCUT2D eigenvalue weighted by Gasteiger charge is 2.29. The van der Waals surface area contributed by atoms with E-state index < -0.39 is 5.97 Å². The molecule has 2 heterocycles. The van der Waals surface area contributed by atoms with Gasteiger partial charge < -0.3 is 14.7 Å². The van der Waals surface area contributed by atoms with Gasteiger partial charge in [0.1, 0.15) is 11.4 Å². The minimum Gasteiger partial charge on any atom is -0.497 e. The van der Waals surface area contributed by atoms with E-state index in [9.17, 15) is 14.4 Å². The van der Waals surface area contributed by atoms with Crippen LogP contribution in [0.3, 0.4) is 0 Å². The van der Waals surface area contributed by atoms with Gasteiger partial charge in [0, 0.05) is 30.8 Å². The van der Waals surface area contributed by atoms with Gasteiger partial charge in [-0.15, -0.1) is 0 Å². The Balaban J connectivity index is 1.62. The second kappa shape index (κ2) is 7.99. The Hall–Kier alpha value is -3.22. The molecule has 0 unspecified atom stereocenters. The summed E-state index contributed by atoms with van der Waals surface area (Å²) in [5.41, 5.74) is 0.768. The van der Waals surface area contributed by atoms with Crippen molar-refractivity contribution in [3.8, 4) is 5.75 Å². The third-order valence-corrected chi connectivity index (χ3v) is 4.75. The molecule has 1 aliphatic heterocycles. The standard InChI is InChI=1S/C20H20N2O5/c1-27-16-4-2-13(3-5-16)18(23)14-7-10-22(11-8-14)19(24)17-12-15(20(25)26)6-9-21-17/h2-6,9,12,14H,7-8,10-11H2,1H3,(H,25,26). The number of carbonyl (C=O) groups is 3. The Morgan fingerprint density at radius 1 is 1.07 bits per heavy atom. The molecule has 140 valence electrons. The topological polar surface area (TPSA) is 96.8 Å². The molecule has 2 aromatic rings. The van der Waals surface area contributed by atoms with Gasteiger partial charge in [-0.2, -0.15) is 0 Å². The second-order valence-electron chi connectivity index (χ2n) is 6.39. The maximum atomic E-state index is 12.6. The highest BCUT2D eigenvalue weighted by Crippen LogP contribution is 2.24. The number of hydrogen-bond acceptors (Lipinski definition) is 5. The smallest absolute Gasteiger partial charge is 0.335 e. The van der Waals surface area contributed by atoms with Crippen molar-refractivity contribution in [2.45, 2.75) is 12.8 Å². The number of ketones is 1. The Labute approximate surface area is 156 Å². The number of Topliss-reactive ketones (excluding diaryl/α,β-unsaturated/α-hetero) is 1. The minimum atomic E-state index is -1.10. The summed E-state index contributed by atoms with van der Waals surface area (Å²) in [6, 6.07) is 9.64. The molecule has 0 radical (unpaired) electrons. The summed E-state index contributed by atoms with van der Waals surface area (Å²) in [5, 5.41) is 9.04. The van der Waals surface area contributed by atoms with Gasteiger partial charge in [0.05, 0.1) is 12.7 Å². The summed E-state index contributed by atoms with van der Waals surface area (Å²) in [7, 11) is 1.57. The molecule has 0 spiro atoms. The van der Waals surface area contributed by atoms with E-state index >= 15 is 0 Å². The zero-order chi connectivity index (χ0) is 19.4. The Morgan fingerprint density at radius 3 is 2.33 bits per heavy atom. The molecular weight excluding hydrogens is 348 g/mol. The molecule has 7 heteroatoms. The number of aromatic nitrogens is 1. The van der Waals surface area contributed by atoms with Gasteiger partial charge in [0.15, 0.2) is 5.78 Å². The maximum Gasteiger partial charge on any atom is 0.335 e. The van der Waals surface area contributed by atoms with Crippen molar-refractivity contribution in [1.82, 2.24) is 9.88 Å². The number of aromatic carboxylic acids is 1. The highest BCUT2D eigenvalue weighted by molar-refractivity contribution is 5.98. The Kier molecular flexibility index (Phi) is 5.49. The third-order valence-electron chi connectivity index (χ3n) is 4.75. The first-order valence-corrected chi connectivity index (χ1v) is 8.66. The lowest BCUT2D eigenvalue weighted by molar-refractivity contribution is 0.0645. The van der Waals surface area contributed by atoms with Crippen molar-refractivity contribution < 1.29 is 24.2 Å². The average Bonchev–Trinajstić information content (AvgIpc) is 2.73. The number of methoxy groups -OCH3 is 1. The average molecular weight is 368 g/mol. The van der Waals surface area contributed by atoms with Crippen molar-refractivity contribution in [1.29, 1.82) is 0 Å². The monoisotopic (exact) mass is 368 g/mol. The number of carboxylic acids is 1. The molecule has 1 amide bonds. The van der Waals surface area contributed by atoms with E-state index in [4.69, 9.17) is 9.84 Å². The summed E-state index contributed by atoms with van der Waals surface area (Å²) in [6.07, 6.45) is 2.45. The van der Waals surface area contributed by atoms with Crippen molar-refractivity contribution >= 4 is 17.7 Å². The van der Waals surface area contributed by atoms with Gasteiger partial charge in [0.2, 0.25) is 0 Å². The van der Waals surface area contributed by atoms with E-state index in [1.54, 1.807) is 36.3 Å². The first-order chi connectivity index (χ1) is 13.0. The van der Waals surface area contributed by atoms with Gasteiger partial charge >= 0.3 is 5.97 Å². The van der Waals surface area contributed by atoms with Crippen LogP contribution in [-0.4, -0.2) is 52.8 Å². The van der Waals surface area contributed by atoms with E-state index in [0.717, 1.165) is 0 Å². The van der Waals surface area contributed by atoms with E-state index in [0.29, 0.717) is 37.2 Å². The molecule has 1 aliphatic rings. The number of pyridine rings is 1. The van der Waals surface area contributed by atoms with Crippen LogP contribution in [0.4, 0.5) is 0 Å². The number of nitrogens with zero attached hydrogens (tertiary/aromatic N) is 2. The maximum absolute atomic E-state index is 12.6. The van der Waals surface area contributed by atoms with Crippen molar-refractivity contribution in [3.63, 3.8) is 0 Å². The molecule has 0 bridgehead atoms. The largest absolute Gasteiger partial charge is 0.497 e. The van der Waals surface area contributed by atoms with Crippen LogP contribution < -0.4 is 4.74 Å². The van der Waals surface area contributed by atoms with Gasteiger partial charge in [0.25, 0.3) is 5.91 Å². The van der Waals surface area contributed by atoms with Crippen LogP contribution in [0.1, 0.15) is 44.0 Å². The number of piperidine rings is 1. The fourth-order valence-electron chi connectivity index (χ4n) is 3.18. The van der Waals surface area contributed by atoms with Gasteiger partial charge in [-0.05, 0) is 49.2 Å². The summed E-state index contributed by atoms with van der Waals surface area (Å²) in [4.78, 5) is 41.9. The fourth-order valence-corrected chi connectivity index (χ4v) is 3.18. The highest BCUT2D eigenvalue weighted by atomic mass is 16.5. The molecule has 1 aromatic heterocycles. The molecule has 0 atom stereocenters. The van der Waals surface area contributed by atoms with Crippen molar-refractivity contribution in [2.24, 2.45) is 5.92 Å². The molecule has 3 rings (SSSR count). The van der Waals surface area contributed by atoms with Crippen LogP contribution in [0.25, 0.3) is 0 Å². The van der Waals surface area contributed by atoms with Crippen LogP contribution in [0.2, 0.25) is 0 Å². The van der Waals surface area contributed by atoms with Crippen molar-refractivity contribution in [2.75, 3.05) is 20.2 Å². The molecule has 1 fully saturated rings. The quantitative estimate of drug-likeness (QED) is 0.815. The van der Waals surface area contributed by atoms with Crippen LogP contribution in [-0.2, 0) is 0 Å². The van der Waals surface area contributed by atoms with Crippen LogP contribution in [0, 0.1) is 5.92 Å². The molecular formula is C20H20N2O5. The van der Waals surface area contributed by atoms with Crippen molar-refractivity contribution in [3.05, 3.63) is 59.4 Å². The van der Waals surface area contributed by atoms with E-state index in [1.165, 1.54) is 18.3 Å². The van der Waals surface area contributed by atoms with Crippen LogP contribution in [0.15, 0.2) is 42.6 Å². The second-order valence-corrected chi connectivity index (χ2v) is 6.39. The predicted octanol–water partition coefficient (Wildman–Crippen LogP) is 2.52. The van der Waals surface area contributed by atoms with Gasteiger partial charge in [-0.1, -0.05) is 0 Å². The molecule has 1 aromatic carbocycles. The lowest BCUT2D eigenvalue weighted by atomic mass is 9.88. The molecule has 1 N–H and O–H groups in total. The molecule has 7 nitrogen and oxygen atoms in total. The lowest BCUT2D eigenvalue weighted by Crippen LogP contribution is -2.40. The summed E-state index contributed by atoms with van der Waals surface area (Å²) in [6.45, 7) is 0.870. The number of likely N-dealkylation sites (tertiary alicyclic amines) is 1. The predicted molar refractivity (Wildman–Crippen MR) is 97.1 cm³/mol. The number of carboxylic acid groups (broad SMARTS) is 1. The first kappa shape index (κ1) is 18.6. The lowest BCUT2D eigenvalue weighted by Gasteiger charge is -2.31. The summed E-state index contributed by atoms with van der Waals surface area (Å²) in [5.74, 6) is -0.789. The van der Waals surface area contributed by atoms with Gasteiger partial charge in [-0.3, -0.25) is 14.6 Å². The third kappa shape index (κ3) is 4.13. The van der Waals surface area contributed by atoms with E-state index in [2.05, 4.69) is 4.98 Å². The first-order valence-electron chi connectivity index (χ1n) is 8.66. The number of carbonyl (C=O) groups excluding carboxylic acids is 2. The summed E-state index contributed by atoms with van der Waals surface area (Å²) < 4.78 is 5.10. The zero-order valence-corrected chi connectivity index (χ0v) is 14.9. The van der Waals surface area contributed by atoms with E-state index in [1.807, 2.05) is 0 Å². The minimum absolute atomic E-state index is 0.0259. The molecule has 0 saturated carbocycles. The van der Waals surface area contributed by atoms with E-state index in [-0.39, 0.29) is 28.9 Å². The van der Waals surface area contributed by atoms with Gasteiger partial charge in [-0.25, -0.2) is 4.79 Å². The SMILES string of the molecule is COc1ccc(C(=O)C2CCN(C(=O)c3cc(C(=O)O)ccn3)CC2)cc1. The Bertz CT molecular complexity index is 855. The number of benzene rings is 1. The normalized spacial score (nSPS) is 14.6. The summed E-state index contributed by atoms with van der Waals surface area (Å²) >= 11 is 0.